The van der Waals surface area contributed by atoms with Crippen LogP contribution < -0.4 is 17.0 Å². The van der Waals surface area contributed by atoms with Gasteiger partial charge in [0.05, 0.1) is 0 Å². The summed E-state index contributed by atoms with van der Waals surface area (Å²) in [5.41, 5.74) is 0. The van der Waals surface area contributed by atoms with Crippen molar-refractivity contribution < 1.29 is 45.9 Å². The summed E-state index contributed by atoms with van der Waals surface area (Å²) >= 11 is 0. The van der Waals surface area contributed by atoms with Crippen molar-refractivity contribution in [2.45, 2.75) is 71.6 Å². The van der Waals surface area contributed by atoms with Crippen molar-refractivity contribution in [3.63, 3.8) is 0 Å². The zero-order chi connectivity index (χ0) is 19.6. The Morgan fingerprint density at radius 2 is 1.11 bits per heavy atom. The highest BCUT2D eigenvalue weighted by molar-refractivity contribution is 7.96. The van der Waals surface area contributed by atoms with Crippen LogP contribution in [0, 0.1) is 0 Å². The van der Waals surface area contributed by atoms with Crippen LogP contribution in [0.15, 0.2) is 0 Å². The van der Waals surface area contributed by atoms with E-state index in [9.17, 15) is 14.4 Å². The van der Waals surface area contributed by atoms with Crippen LogP contribution >= 0.6 is 0 Å². The number of aliphatic carboxylic acids is 1. The molecule has 1 N–H and O–H groups in total. The lowest BCUT2D eigenvalue weighted by atomic mass is 10.1. The Morgan fingerprint density at radius 1 is 0.704 bits per heavy atom. The molecule has 0 unspecified atom stereocenters. The van der Waals surface area contributed by atoms with Gasteiger partial charge in [0.25, 0.3) is 0 Å². The van der Waals surface area contributed by atoms with Crippen LogP contribution in [0.2, 0.25) is 0 Å². The quantitative estimate of drug-likeness (QED) is 0.187. The van der Waals surface area contributed by atoms with E-state index in [1.165, 1.54) is 39.5 Å². The van der Waals surface area contributed by atoms with Crippen molar-refractivity contribution in [3.8, 4) is 0 Å². The summed E-state index contributed by atoms with van der Waals surface area (Å²) in [4.78, 5) is 32.2. The van der Waals surface area contributed by atoms with Crippen molar-refractivity contribution in [2.75, 3.05) is 30.5 Å². The van der Waals surface area contributed by atoms with Crippen molar-refractivity contribution in [3.05, 3.63) is 0 Å². The molecule has 0 bridgehead atoms. The maximum atomic E-state index is 10.9. The molecule has 0 aliphatic carbocycles. The molecular weight excluding hydrogens is 436 g/mol. The van der Waals surface area contributed by atoms with E-state index in [0.717, 1.165) is 42.9 Å². The van der Waals surface area contributed by atoms with E-state index in [1.807, 2.05) is 0 Å². The third-order valence-corrected chi connectivity index (χ3v) is 6.28. The van der Waals surface area contributed by atoms with Crippen LogP contribution in [-0.4, -0.2) is 53.5 Å². The molecule has 0 fully saturated rings. The maximum Gasteiger partial charge on any atom is 0.303 e. The first-order valence-corrected chi connectivity index (χ1v) is 11.3. The number of ether oxygens (including phenoxy) is 2. The second kappa shape index (κ2) is 20.0. The Balaban J connectivity index is 0. The van der Waals surface area contributed by atoms with E-state index in [2.05, 4.69) is 0 Å². The highest BCUT2D eigenvalue weighted by atomic mass is 79.9. The van der Waals surface area contributed by atoms with Gasteiger partial charge in [-0.15, -0.1) is 0 Å². The van der Waals surface area contributed by atoms with Crippen LogP contribution in [-0.2, 0) is 34.8 Å². The van der Waals surface area contributed by atoms with Crippen LogP contribution in [0.25, 0.3) is 0 Å². The van der Waals surface area contributed by atoms with E-state index in [0.29, 0.717) is 13.2 Å². The fourth-order valence-corrected chi connectivity index (χ4v) is 4.42. The van der Waals surface area contributed by atoms with Gasteiger partial charge in [-0.05, 0) is 30.2 Å². The molecule has 0 saturated heterocycles. The highest BCUT2D eigenvalue weighted by Crippen LogP contribution is 2.11. The molecule has 160 valence electrons. The molecule has 0 aliphatic rings. The van der Waals surface area contributed by atoms with Crippen molar-refractivity contribution in [1.82, 2.24) is 0 Å². The summed E-state index contributed by atoms with van der Waals surface area (Å²) in [6.45, 7) is 3.71. The van der Waals surface area contributed by atoms with Crippen LogP contribution in [0.3, 0.4) is 0 Å². The molecule has 0 aromatic rings. The number of carboxylic acids is 1. The van der Waals surface area contributed by atoms with Crippen molar-refractivity contribution in [2.24, 2.45) is 0 Å². The standard InChI is InChI=1S/C19H34O6S.BrH/c1-17(20)24-12-15-26(16-13-25-18(2)21)14-10-8-6-4-3-5-7-9-11-19(22)23;/h3-16H2,1-2H3;1H. The SMILES string of the molecule is CC(=O)OCC[S+](CCCCCCCCCCC(=O)O)CCOC(C)=O.[Br-]. The third-order valence-electron chi connectivity index (χ3n) is 3.93. The molecule has 8 heteroatoms. The summed E-state index contributed by atoms with van der Waals surface area (Å²) in [5.74, 6) is 1.55. The molecule has 0 aromatic heterocycles. The summed E-state index contributed by atoms with van der Waals surface area (Å²) in [6, 6.07) is 0. The zero-order valence-corrected chi connectivity index (χ0v) is 19.1. The third kappa shape index (κ3) is 23.2. The molecule has 0 atom stereocenters. The first-order chi connectivity index (χ1) is 12.4. The Hall–Kier alpha value is -0.760. The number of halogens is 1. The first-order valence-electron chi connectivity index (χ1n) is 9.54. The minimum absolute atomic E-state index is 0. The lowest BCUT2D eigenvalue weighted by molar-refractivity contribution is -0.141. The summed E-state index contributed by atoms with van der Waals surface area (Å²) < 4.78 is 10.1. The minimum atomic E-state index is -0.706. The Morgan fingerprint density at radius 3 is 1.52 bits per heavy atom. The number of hydrogen-bond acceptors (Lipinski definition) is 5. The maximum absolute atomic E-state index is 10.9. The van der Waals surface area contributed by atoms with Gasteiger partial charge in [0.1, 0.15) is 30.5 Å². The van der Waals surface area contributed by atoms with Gasteiger partial charge < -0.3 is 31.6 Å². The van der Waals surface area contributed by atoms with E-state index in [1.54, 1.807) is 0 Å². The van der Waals surface area contributed by atoms with E-state index >= 15 is 0 Å². The van der Waals surface area contributed by atoms with Gasteiger partial charge >= 0.3 is 17.9 Å². The number of carboxylic acid groups (broad SMARTS) is 1. The van der Waals surface area contributed by atoms with Crippen LogP contribution in [0.4, 0.5) is 0 Å². The van der Waals surface area contributed by atoms with E-state index in [4.69, 9.17) is 14.6 Å². The van der Waals surface area contributed by atoms with Crippen molar-refractivity contribution in [1.29, 1.82) is 0 Å². The fraction of sp³-hybridized carbons (Fsp3) is 0.842. The largest absolute Gasteiger partial charge is 1.00 e. The van der Waals surface area contributed by atoms with Gasteiger partial charge in [0.15, 0.2) is 0 Å². The van der Waals surface area contributed by atoms with Gasteiger partial charge in [0, 0.05) is 20.3 Å². The van der Waals surface area contributed by atoms with Gasteiger partial charge in [0.2, 0.25) is 0 Å². The first kappa shape index (κ1) is 28.4. The monoisotopic (exact) mass is 470 g/mol. The number of hydrogen-bond donors (Lipinski definition) is 1. The van der Waals surface area contributed by atoms with Gasteiger partial charge in [-0.3, -0.25) is 14.4 Å². The smallest absolute Gasteiger partial charge is 0.303 e. The minimum Gasteiger partial charge on any atom is -1.00 e. The summed E-state index contributed by atoms with van der Waals surface area (Å²) in [5, 5.41) is 8.57. The number of esters is 2. The lowest BCUT2D eigenvalue weighted by Gasteiger charge is -2.09. The second-order valence-electron chi connectivity index (χ2n) is 6.38. The molecule has 0 rings (SSSR count). The molecule has 0 spiro atoms. The Labute approximate surface area is 176 Å². The predicted molar refractivity (Wildman–Crippen MR) is 104 cm³/mol. The molecule has 0 heterocycles. The lowest BCUT2D eigenvalue weighted by Crippen LogP contribution is -3.00. The Bertz CT molecular complexity index is 386. The molecule has 0 amide bonds. The van der Waals surface area contributed by atoms with Gasteiger partial charge in [-0.1, -0.05) is 32.1 Å². The van der Waals surface area contributed by atoms with Crippen molar-refractivity contribution >= 4 is 28.8 Å². The normalized spacial score (nSPS) is 10.3. The predicted octanol–water partition coefficient (Wildman–Crippen LogP) is 0.330. The number of carbonyl (C=O) groups is 3. The van der Waals surface area contributed by atoms with E-state index in [-0.39, 0.29) is 46.2 Å². The Kier molecular flexibility index (Phi) is 21.1. The number of carbonyl (C=O) groups excluding carboxylic acids is 2. The summed E-state index contributed by atoms with van der Waals surface area (Å²) in [6.07, 6.45) is 9.06. The summed E-state index contributed by atoms with van der Waals surface area (Å²) in [7, 11) is 0.117. The molecular formula is C19H35BrO6S. The van der Waals surface area contributed by atoms with Crippen LogP contribution in [0.5, 0.6) is 0 Å². The average Bonchev–Trinajstić information content (AvgIpc) is 2.55. The highest BCUT2D eigenvalue weighted by Gasteiger charge is 2.18. The number of rotatable bonds is 17. The van der Waals surface area contributed by atoms with E-state index < -0.39 is 5.97 Å². The van der Waals surface area contributed by atoms with Gasteiger partial charge in [-0.25, -0.2) is 0 Å². The molecule has 0 radical (unpaired) electrons. The molecule has 0 saturated carbocycles. The molecule has 0 aromatic carbocycles. The molecule has 27 heavy (non-hydrogen) atoms. The fourth-order valence-electron chi connectivity index (χ4n) is 2.56. The van der Waals surface area contributed by atoms with Crippen LogP contribution in [0.1, 0.15) is 71.6 Å². The zero-order valence-electron chi connectivity index (χ0n) is 16.7. The van der Waals surface area contributed by atoms with Gasteiger partial charge in [-0.2, -0.15) is 0 Å². The number of unbranched alkanes of at least 4 members (excludes halogenated alkanes) is 7. The topological polar surface area (TPSA) is 89.9 Å². The second-order valence-corrected chi connectivity index (χ2v) is 8.83. The average molecular weight is 471 g/mol. The molecule has 0 aliphatic heterocycles. The molecule has 6 nitrogen and oxygen atoms in total.